The molecule has 0 aliphatic rings. The number of aromatic nitrogens is 4. The first kappa shape index (κ1) is 33.3. The van der Waals surface area contributed by atoms with E-state index in [1.807, 2.05) is 0 Å². The molecular weight excluding hydrogens is 544 g/mol. The second-order valence-corrected chi connectivity index (χ2v) is 12.1. The summed E-state index contributed by atoms with van der Waals surface area (Å²) in [4.78, 5) is 28.8. The van der Waals surface area contributed by atoms with E-state index in [4.69, 9.17) is 19.9 Å². The molecule has 0 saturated carbocycles. The lowest BCUT2D eigenvalue weighted by Crippen LogP contribution is -2.39. The Hall–Kier alpha value is -3.56. The summed E-state index contributed by atoms with van der Waals surface area (Å²) in [6, 6.07) is 25.1. The maximum absolute atomic E-state index is 4.76. The van der Waals surface area contributed by atoms with Gasteiger partial charge in [0.15, 0.2) is 0 Å². The Morgan fingerprint density at radius 2 is 0.636 bits per heavy atom. The number of likely N-dealkylation sites (N-methyl/N-ethyl adjacent to an activating group) is 2. The van der Waals surface area contributed by atoms with Gasteiger partial charge in [-0.2, -0.15) is 0 Å². The van der Waals surface area contributed by atoms with Crippen molar-refractivity contribution < 1.29 is 0 Å². The fourth-order valence-corrected chi connectivity index (χ4v) is 5.28. The summed E-state index contributed by atoms with van der Waals surface area (Å²) in [6.45, 7) is 17.3. The van der Waals surface area contributed by atoms with Gasteiger partial charge in [0.05, 0.1) is 22.8 Å². The summed E-state index contributed by atoms with van der Waals surface area (Å²) in [5, 5.41) is 0. The lowest BCUT2D eigenvalue weighted by molar-refractivity contribution is 0.179. The molecule has 4 aromatic heterocycles. The molecule has 0 saturated heterocycles. The van der Waals surface area contributed by atoms with Gasteiger partial charge in [-0.25, -0.2) is 0 Å². The quantitative estimate of drug-likeness (QED) is 0.168. The highest BCUT2D eigenvalue weighted by Crippen LogP contribution is 2.11. The Balaban J connectivity index is 1.28. The predicted molar refractivity (Wildman–Crippen MR) is 179 cm³/mol. The van der Waals surface area contributed by atoms with Crippen LogP contribution < -0.4 is 0 Å². The van der Waals surface area contributed by atoms with Crippen LogP contribution in [0.25, 0.3) is 0 Å². The number of aryl methyl sites for hydroxylation is 4. The van der Waals surface area contributed by atoms with Gasteiger partial charge >= 0.3 is 0 Å². The summed E-state index contributed by atoms with van der Waals surface area (Å²) < 4.78 is 0. The molecule has 0 spiro atoms. The number of pyridine rings is 4. The van der Waals surface area contributed by atoms with E-state index in [1.165, 1.54) is 0 Å². The van der Waals surface area contributed by atoms with Gasteiger partial charge < -0.3 is 9.80 Å². The number of hydrogen-bond donors (Lipinski definition) is 0. The molecule has 44 heavy (non-hydrogen) atoms. The van der Waals surface area contributed by atoms with Gasteiger partial charge in [0, 0.05) is 88.2 Å². The highest BCUT2D eigenvalue weighted by molar-refractivity contribution is 5.13. The standard InChI is InChI=1S/C36H50N8/c1-29-11-7-15-33(37-29)25-43(26-34-16-8-12-30(2)38-34)23-21-41(5)19-20-42(6)22-24-44(27-35-17-9-13-31(3)39-35)28-36-18-10-14-32(4)40-36/h7-18H,19-28H2,1-6H3. The summed E-state index contributed by atoms with van der Waals surface area (Å²) in [7, 11) is 4.45. The zero-order valence-electron chi connectivity index (χ0n) is 27.6. The van der Waals surface area contributed by atoms with E-state index in [9.17, 15) is 0 Å². The van der Waals surface area contributed by atoms with Crippen LogP contribution in [0, 0.1) is 27.7 Å². The van der Waals surface area contributed by atoms with Gasteiger partial charge in [0.2, 0.25) is 0 Å². The summed E-state index contributed by atoms with van der Waals surface area (Å²) >= 11 is 0. The Labute approximate surface area is 264 Å². The normalized spacial score (nSPS) is 11.8. The SMILES string of the molecule is Cc1cccc(CN(CCN(C)CCN(C)CCN(Cc2cccc(C)n2)Cc2cccc(C)n2)Cc2cccc(C)n2)n1. The van der Waals surface area contributed by atoms with E-state index in [0.717, 1.165) is 111 Å². The van der Waals surface area contributed by atoms with Crippen molar-refractivity contribution in [1.29, 1.82) is 0 Å². The van der Waals surface area contributed by atoms with Crippen molar-refractivity contribution in [3.05, 3.63) is 118 Å². The summed E-state index contributed by atoms with van der Waals surface area (Å²) in [5.74, 6) is 0. The van der Waals surface area contributed by atoms with Crippen molar-refractivity contribution in [3.8, 4) is 0 Å². The van der Waals surface area contributed by atoms with Crippen molar-refractivity contribution in [2.45, 2.75) is 53.9 Å². The molecule has 0 bridgehead atoms. The molecule has 0 aliphatic heterocycles. The van der Waals surface area contributed by atoms with Crippen LogP contribution in [-0.2, 0) is 26.2 Å². The monoisotopic (exact) mass is 594 g/mol. The molecule has 8 nitrogen and oxygen atoms in total. The van der Waals surface area contributed by atoms with Crippen molar-refractivity contribution in [1.82, 2.24) is 39.5 Å². The smallest absolute Gasteiger partial charge is 0.0547 e. The molecule has 4 aromatic rings. The maximum Gasteiger partial charge on any atom is 0.0547 e. The molecule has 0 atom stereocenters. The second kappa shape index (κ2) is 17.1. The Morgan fingerprint density at radius 1 is 0.386 bits per heavy atom. The Morgan fingerprint density at radius 3 is 0.886 bits per heavy atom. The van der Waals surface area contributed by atoms with E-state index in [1.54, 1.807) is 0 Å². The van der Waals surface area contributed by atoms with Crippen LogP contribution in [0.15, 0.2) is 72.8 Å². The average Bonchev–Trinajstić information content (AvgIpc) is 2.98. The van der Waals surface area contributed by atoms with Crippen LogP contribution in [0.4, 0.5) is 0 Å². The minimum Gasteiger partial charge on any atom is -0.304 e. The number of nitrogens with zero attached hydrogens (tertiary/aromatic N) is 8. The van der Waals surface area contributed by atoms with Crippen molar-refractivity contribution >= 4 is 0 Å². The van der Waals surface area contributed by atoms with Crippen LogP contribution in [0.2, 0.25) is 0 Å². The first-order valence-corrected chi connectivity index (χ1v) is 15.7. The largest absolute Gasteiger partial charge is 0.304 e. The van der Waals surface area contributed by atoms with E-state index >= 15 is 0 Å². The lowest BCUT2D eigenvalue weighted by Gasteiger charge is -2.28. The van der Waals surface area contributed by atoms with E-state index in [-0.39, 0.29) is 0 Å². The molecule has 8 heteroatoms. The minimum absolute atomic E-state index is 0.812. The van der Waals surface area contributed by atoms with Gasteiger partial charge in [-0.1, -0.05) is 24.3 Å². The zero-order valence-corrected chi connectivity index (χ0v) is 27.6. The van der Waals surface area contributed by atoms with Gasteiger partial charge in [0.1, 0.15) is 0 Å². The van der Waals surface area contributed by atoms with Crippen molar-refractivity contribution in [2.75, 3.05) is 53.4 Å². The topological polar surface area (TPSA) is 64.5 Å². The fraction of sp³-hybridized carbons (Fsp3) is 0.444. The molecule has 4 rings (SSSR count). The van der Waals surface area contributed by atoms with Crippen molar-refractivity contribution in [3.63, 3.8) is 0 Å². The van der Waals surface area contributed by atoms with Crippen molar-refractivity contribution in [2.24, 2.45) is 0 Å². The second-order valence-electron chi connectivity index (χ2n) is 12.1. The van der Waals surface area contributed by atoms with Gasteiger partial charge in [-0.05, 0) is 90.3 Å². The van der Waals surface area contributed by atoms with Crippen LogP contribution >= 0.6 is 0 Å². The maximum atomic E-state index is 4.76. The van der Waals surface area contributed by atoms with Crippen LogP contribution in [0.5, 0.6) is 0 Å². The van der Waals surface area contributed by atoms with Crippen LogP contribution in [-0.4, -0.2) is 92.9 Å². The molecule has 0 radical (unpaired) electrons. The van der Waals surface area contributed by atoms with Crippen LogP contribution in [0.3, 0.4) is 0 Å². The summed E-state index contributed by atoms with van der Waals surface area (Å²) in [6.07, 6.45) is 0. The zero-order chi connectivity index (χ0) is 31.3. The molecule has 0 amide bonds. The van der Waals surface area contributed by atoms with Gasteiger partial charge in [-0.15, -0.1) is 0 Å². The fourth-order valence-electron chi connectivity index (χ4n) is 5.28. The molecule has 234 valence electrons. The molecular formula is C36H50N8. The first-order valence-electron chi connectivity index (χ1n) is 15.7. The molecule has 0 unspecified atom stereocenters. The number of hydrogen-bond acceptors (Lipinski definition) is 8. The lowest BCUT2D eigenvalue weighted by atomic mass is 10.2. The molecule has 0 N–H and O–H groups in total. The number of rotatable bonds is 17. The third-order valence-corrected chi connectivity index (χ3v) is 7.79. The van der Waals surface area contributed by atoms with E-state index in [2.05, 4.69) is 134 Å². The average molecular weight is 595 g/mol. The third-order valence-electron chi connectivity index (χ3n) is 7.79. The molecule has 0 aromatic carbocycles. The Kier molecular flexibility index (Phi) is 12.9. The van der Waals surface area contributed by atoms with E-state index < -0.39 is 0 Å². The first-order chi connectivity index (χ1) is 21.2. The highest BCUT2D eigenvalue weighted by atomic mass is 15.2. The van der Waals surface area contributed by atoms with Gasteiger partial charge in [-0.3, -0.25) is 29.7 Å². The minimum atomic E-state index is 0.812. The molecule has 0 aliphatic carbocycles. The predicted octanol–water partition coefficient (Wildman–Crippen LogP) is 5.07. The molecule has 4 heterocycles. The van der Waals surface area contributed by atoms with Gasteiger partial charge in [0.25, 0.3) is 0 Å². The molecule has 0 fully saturated rings. The third kappa shape index (κ3) is 11.8. The summed E-state index contributed by atoms with van der Waals surface area (Å²) in [5.41, 5.74) is 8.64. The Bertz CT molecular complexity index is 1240. The van der Waals surface area contributed by atoms with E-state index in [0.29, 0.717) is 0 Å². The highest BCUT2D eigenvalue weighted by Gasteiger charge is 2.14. The van der Waals surface area contributed by atoms with Crippen LogP contribution in [0.1, 0.15) is 45.6 Å².